The van der Waals surface area contributed by atoms with Crippen molar-refractivity contribution in [2.75, 3.05) is 13.2 Å². The van der Waals surface area contributed by atoms with Crippen molar-refractivity contribution in [2.45, 2.75) is 173 Å². The summed E-state index contributed by atoms with van der Waals surface area (Å²) in [6, 6.07) is 0. The first kappa shape index (κ1) is 31.0. The molecule has 0 radical (unpaired) electrons. The molecule has 0 saturated heterocycles. The topological polar surface area (TPSA) is 35.5 Å². The molecule has 0 atom stereocenters. The summed E-state index contributed by atoms with van der Waals surface area (Å²) < 4.78 is 28.5. The molecule has 0 unspecified atom stereocenters. The molecule has 0 bridgehead atoms. The standard InChI is InChI=1S/C36H61FO3/c1-3-5-7-25-39-31-13-9-27(10-14-31)29-17-21-35(22-18-29)33(37)36(34(35)38)23-19-30(20-24-36)28-11-15-32(16-12-28)40-26-8-6-4-2/h27-33H,3-26H2,1-2H3. The number of ketones is 1. The normalized spacial score (nSPS) is 42.3. The summed E-state index contributed by atoms with van der Waals surface area (Å²) in [5.74, 6) is 3.27. The lowest BCUT2D eigenvalue weighted by Gasteiger charge is -2.62. The lowest BCUT2D eigenvalue weighted by atomic mass is 9.41. The molecule has 5 rings (SSSR count). The lowest BCUT2D eigenvalue weighted by Crippen LogP contribution is -2.69. The number of carbonyl (C=O) groups excluding carboxylic acids is 1. The predicted molar refractivity (Wildman–Crippen MR) is 161 cm³/mol. The van der Waals surface area contributed by atoms with E-state index in [1.807, 2.05) is 0 Å². The number of ether oxygens (including phenoxy) is 2. The van der Waals surface area contributed by atoms with Gasteiger partial charge in [-0.2, -0.15) is 0 Å². The maximum Gasteiger partial charge on any atom is 0.151 e. The van der Waals surface area contributed by atoms with Gasteiger partial charge < -0.3 is 9.47 Å². The van der Waals surface area contributed by atoms with Crippen LogP contribution < -0.4 is 0 Å². The molecule has 230 valence electrons. The molecule has 5 aliphatic rings. The van der Waals surface area contributed by atoms with E-state index >= 15 is 4.39 Å². The van der Waals surface area contributed by atoms with Gasteiger partial charge in [-0.1, -0.05) is 39.5 Å². The molecule has 0 aromatic rings. The smallest absolute Gasteiger partial charge is 0.151 e. The van der Waals surface area contributed by atoms with Crippen molar-refractivity contribution in [3.05, 3.63) is 0 Å². The number of unbranched alkanes of at least 4 members (excludes halogenated alkanes) is 4. The second-order valence-electron chi connectivity index (χ2n) is 14.9. The highest BCUT2D eigenvalue weighted by molar-refractivity contribution is 5.98. The summed E-state index contributed by atoms with van der Waals surface area (Å²) >= 11 is 0. The van der Waals surface area contributed by atoms with Gasteiger partial charge in [-0.3, -0.25) is 4.79 Å². The van der Waals surface area contributed by atoms with Crippen LogP contribution in [-0.4, -0.2) is 37.4 Å². The first-order valence-electron chi connectivity index (χ1n) is 17.9. The van der Waals surface area contributed by atoms with E-state index in [9.17, 15) is 4.79 Å². The number of hydrogen-bond acceptors (Lipinski definition) is 3. The van der Waals surface area contributed by atoms with Crippen LogP contribution in [-0.2, 0) is 14.3 Å². The molecule has 0 N–H and O–H groups in total. The monoisotopic (exact) mass is 560 g/mol. The van der Waals surface area contributed by atoms with Crippen LogP contribution in [0.1, 0.15) is 155 Å². The lowest BCUT2D eigenvalue weighted by molar-refractivity contribution is -0.195. The van der Waals surface area contributed by atoms with Crippen molar-refractivity contribution >= 4 is 5.78 Å². The SMILES string of the molecule is CCCCCOC1CCC(C2CCC3(CC2)C(=O)C2(CCC(C4CCC(OCCCCC)CC4)CC2)C3F)CC1. The predicted octanol–water partition coefficient (Wildman–Crippen LogP) is 9.79. The van der Waals surface area contributed by atoms with Gasteiger partial charge in [-0.25, -0.2) is 4.39 Å². The molecular weight excluding hydrogens is 499 g/mol. The largest absolute Gasteiger partial charge is 0.378 e. The van der Waals surface area contributed by atoms with Gasteiger partial charge in [0.15, 0.2) is 5.78 Å². The van der Waals surface area contributed by atoms with Gasteiger partial charge >= 0.3 is 0 Å². The number of hydrogen-bond donors (Lipinski definition) is 0. The maximum absolute atomic E-state index is 16.2. The highest BCUT2D eigenvalue weighted by Crippen LogP contribution is 2.66. The minimum atomic E-state index is -0.881. The summed E-state index contributed by atoms with van der Waals surface area (Å²) in [6.45, 7) is 6.33. The number of carbonyl (C=O) groups is 1. The fraction of sp³-hybridized carbons (Fsp3) is 0.972. The van der Waals surface area contributed by atoms with Crippen LogP contribution in [0.3, 0.4) is 0 Å². The Labute approximate surface area is 245 Å². The van der Waals surface area contributed by atoms with Gasteiger partial charge in [0.25, 0.3) is 0 Å². The molecule has 0 aliphatic heterocycles. The third-order valence-electron chi connectivity index (χ3n) is 12.7. The van der Waals surface area contributed by atoms with Crippen LogP contribution in [0.5, 0.6) is 0 Å². The zero-order valence-corrected chi connectivity index (χ0v) is 26.1. The van der Waals surface area contributed by atoms with E-state index in [1.165, 1.54) is 89.9 Å². The van der Waals surface area contributed by atoms with Gasteiger partial charge in [0.1, 0.15) is 6.17 Å². The zero-order valence-electron chi connectivity index (χ0n) is 26.1. The number of rotatable bonds is 12. The van der Waals surface area contributed by atoms with Crippen LogP contribution in [0.15, 0.2) is 0 Å². The number of alkyl halides is 1. The average molecular weight is 561 g/mol. The van der Waals surface area contributed by atoms with Crippen molar-refractivity contribution in [2.24, 2.45) is 34.5 Å². The average Bonchev–Trinajstić information content (AvgIpc) is 3.02. The number of halogens is 1. The van der Waals surface area contributed by atoms with E-state index in [2.05, 4.69) is 13.8 Å². The molecule has 5 aliphatic carbocycles. The third-order valence-corrected chi connectivity index (χ3v) is 12.7. The summed E-state index contributed by atoms with van der Waals surface area (Å²) in [6.07, 6.45) is 24.9. The molecule has 0 amide bonds. The summed E-state index contributed by atoms with van der Waals surface area (Å²) in [4.78, 5) is 13.8. The van der Waals surface area contributed by atoms with Crippen LogP contribution >= 0.6 is 0 Å². The van der Waals surface area contributed by atoms with E-state index in [0.29, 0.717) is 29.8 Å². The first-order chi connectivity index (χ1) is 19.5. The van der Waals surface area contributed by atoms with E-state index in [-0.39, 0.29) is 0 Å². The molecule has 0 aromatic heterocycles. The summed E-state index contributed by atoms with van der Waals surface area (Å²) in [7, 11) is 0. The molecule has 4 heteroatoms. The van der Waals surface area contributed by atoms with E-state index < -0.39 is 17.0 Å². The highest BCUT2D eigenvalue weighted by atomic mass is 19.1. The fourth-order valence-corrected chi connectivity index (χ4v) is 10.0. The Morgan fingerprint density at radius 2 is 0.925 bits per heavy atom. The Hall–Kier alpha value is -0.480. The van der Waals surface area contributed by atoms with E-state index in [0.717, 1.165) is 76.4 Å². The van der Waals surface area contributed by atoms with Gasteiger partial charge in [0.2, 0.25) is 0 Å². The van der Waals surface area contributed by atoms with Crippen LogP contribution in [0, 0.1) is 34.5 Å². The van der Waals surface area contributed by atoms with Crippen molar-refractivity contribution in [3.63, 3.8) is 0 Å². The van der Waals surface area contributed by atoms with Gasteiger partial charge in [-0.05, 0) is 139 Å². The minimum Gasteiger partial charge on any atom is -0.378 e. The fourth-order valence-electron chi connectivity index (χ4n) is 10.0. The molecule has 5 fully saturated rings. The molecular formula is C36H61FO3. The first-order valence-corrected chi connectivity index (χ1v) is 17.9. The molecule has 5 saturated carbocycles. The quantitative estimate of drug-likeness (QED) is 0.223. The zero-order chi connectivity index (χ0) is 28.0. The second-order valence-corrected chi connectivity index (χ2v) is 14.9. The van der Waals surface area contributed by atoms with Crippen LogP contribution in [0.25, 0.3) is 0 Å². The molecule has 2 spiro atoms. The third kappa shape index (κ3) is 6.53. The summed E-state index contributed by atoms with van der Waals surface area (Å²) in [5.41, 5.74) is -1.23. The van der Waals surface area contributed by atoms with Gasteiger partial charge in [-0.15, -0.1) is 0 Å². The summed E-state index contributed by atoms with van der Waals surface area (Å²) in [5, 5.41) is 0. The highest BCUT2D eigenvalue weighted by Gasteiger charge is 2.71. The van der Waals surface area contributed by atoms with Crippen molar-refractivity contribution in [1.82, 2.24) is 0 Å². The number of Topliss-reactive ketones (excluding diaryl/α,β-unsaturated/α-hetero) is 1. The minimum absolute atomic E-state index is 0.345. The van der Waals surface area contributed by atoms with E-state index in [4.69, 9.17) is 9.47 Å². The van der Waals surface area contributed by atoms with Gasteiger partial charge in [0, 0.05) is 13.2 Å². The van der Waals surface area contributed by atoms with E-state index in [1.54, 1.807) is 0 Å². The van der Waals surface area contributed by atoms with Crippen molar-refractivity contribution in [1.29, 1.82) is 0 Å². The molecule has 3 nitrogen and oxygen atoms in total. The van der Waals surface area contributed by atoms with Crippen LogP contribution in [0.2, 0.25) is 0 Å². The Morgan fingerprint density at radius 1 is 0.575 bits per heavy atom. The Bertz CT molecular complexity index is 703. The van der Waals surface area contributed by atoms with Gasteiger partial charge in [0.05, 0.1) is 23.0 Å². The maximum atomic E-state index is 16.2. The molecule has 0 heterocycles. The second kappa shape index (κ2) is 14.3. The van der Waals surface area contributed by atoms with Crippen molar-refractivity contribution < 1.29 is 18.7 Å². The molecule has 0 aromatic carbocycles. The Morgan fingerprint density at radius 3 is 1.25 bits per heavy atom. The Kier molecular flexibility index (Phi) is 11.1. The van der Waals surface area contributed by atoms with Crippen LogP contribution in [0.4, 0.5) is 4.39 Å². The van der Waals surface area contributed by atoms with Crippen molar-refractivity contribution in [3.8, 4) is 0 Å². The molecule has 40 heavy (non-hydrogen) atoms. The Balaban J connectivity index is 1.02.